The van der Waals surface area contributed by atoms with Gasteiger partial charge < -0.3 is 4.74 Å². The van der Waals surface area contributed by atoms with Crippen molar-refractivity contribution in [2.45, 2.75) is 11.5 Å². The maximum Gasteiger partial charge on any atom is 0.387 e. The summed E-state index contributed by atoms with van der Waals surface area (Å²) in [5, 5.41) is 4.18. The van der Waals surface area contributed by atoms with Crippen molar-refractivity contribution in [2.24, 2.45) is 5.10 Å². The van der Waals surface area contributed by atoms with E-state index in [9.17, 15) is 22.0 Å². The smallest absolute Gasteiger partial charge is 0.387 e. The van der Waals surface area contributed by atoms with Crippen molar-refractivity contribution in [1.29, 1.82) is 0 Å². The van der Waals surface area contributed by atoms with Gasteiger partial charge in [0.1, 0.15) is 5.75 Å². The van der Waals surface area contributed by atoms with E-state index in [-0.39, 0.29) is 21.8 Å². The molecule has 0 bridgehead atoms. The van der Waals surface area contributed by atoms with Crippen LogP contribution in [0, 0.1) is 0 Å². The van der Waals surface area contributed by atoms with Crippen molar-refractivity contribution in [2.75, 3.05) is 4.72 Å². The second-order valence-electron chi connectivity index (χ2n) is 6.26. The van der Waals surface area contributed by atoms with E-state index in [4.69, 9.17) is 11.6 Å². The first-order chi connectivity index (χ1) is 15.2. The van der Waals surface area contributed by atoms with Gasteiger partial charge in [-0.3, -0.25) is 9.52 Å². The van der Waals surface area contributed by atoms with Crippen LogP contribution in [0.4, 0.5) is 14.5 Å². The number of nitrogens with one attached hydrogen (secondary N) is 2. The molecule has 0 spiro atoms. The monoisotopic (exact) mass is 479 g/mol. The Kier molecular flexibility index (Phi) is 7.39. The van der Waals surface area contributed by atoms with Gasteiger partial charge in [0.25, 0.3) is 15.9 Å². The number of hydrogen-bond donors (Lipinski definition) is 2. The highest BCUT2D eigenvalue weighted by molar-refractivity contribution is 7.92. The number of halogens is 3. The van der Waals surface area contributed by atoms with E-state index in [0.29, 0.717) is 10.7 Å². The molecule has 0 aliphatic heterocycles. The minimum atomic E-state index is -3.96. The van der Waals surface area contributed by atoms with Gasteiger partial charge in [-0.2, -0.15) is 13.9 Å². The van der Waals surface area contributed by atoms with Crippen LogP contribution in [0.5, 0.6) is 5.75 Å². The molecule has 0 aliphatic rings. The van der Waals surface area contributed by atoms with Crippen LogP contribution in [0.25, 0.3) is 0 Å². The van der Waals surface area contributed by atoms with Gasteiger partial charge >= 0.3 is 6.61 Å². The minimum Gasteiger partial charge on any atom is -0.434 e. The Bertz CT molecular complexity index is 1240. The fraction of sp³-hybridized carbons (Fsp3) is 0.0476. The lowest BCUT2D eigenvalue weighted by Gasteiger charge is -2.09. The third-order valence-corrected chi connectivity index (χ3v) is 5.64. The summed E-state index contributed by atoms with van der Waals surface area (Å²) >= 11 is 5.79. The van der Waals surface area contributed by atoms with E-state index in [1.54, 1.807) is 6.07 Å². The molecule has 2 N–H and O–H groups in total. The van der Waals surface area contributed by atoms with Gasteiger partial charge in [-0.15, -0.1) is 0 Å². The second-order valence-corrected chi connectivity index (χ2v) is 8.37. The van der Waals surface area contributed by atoms with Crippen molar-refractivity contribution in [3.63, 3.8) is 0 Å². The molecule has 0 saturated carbocycles. The summed E-state index contributed by atoms with van der Waals surface area (Å²) in [7, 11) is -3.96. The van der Waals surface area contributed by atoms with Crippen LogP contribution in [0.1, 0.15) is 15.9 Å². The topological polar surface area (TPSA) is 96.9 Å². The van der Waals surface area contributed by atoms with Crippen LogP contribution in [0.2, 0.25) is 5.02 Å². The fourth-order valence-electron chi connectivity index (χ4n) is 2.55. The molecule has 11 heteroatoms. The first kappa shape index (κ1) is 23.2. The summed E-state index contributed by atoms with van der Waals surface area (Å²) < 4.78 is 56.9. The molecule has 0 aliphatic carbocycles. The number of alkyl halides is 2. The maximum absolute atomic E-state index is 12.6. The average Bonchev–Trinajstić information content (AvgIpc) is 2.76. The number of sulfonamides is 1. The maximum atomic E-state index is 12.6. The predicted octanol–water partition coefficient (Wildman–Crippen LogP) is 4.51. The summed E-state index contributed by atoms with van der Waals surface area (Å²) in [5.74, 6) is -0.807. The number of carbonyl (C=O) groups is 1. The largest absolute Gasteiger partial charge is 0.434 e. The molecule has 0 atom stereocenters. The van der Waals surface area contributed by atoms with Gasteiger partial charge in [0.2, 0.25) is 0 Å². The number of carbonyl (C=O) groups excluding carboxylic acids is 1. The van der Waals surface area contributed by atoms with Crippen LogP contribution < -0.4 is 14.9 Å². The average molecular weight is 480 g/mol. The van der Waals surface area contributed by atoms with Gasteiger partial charge in [-0.25, -0.2) is 13.8 Å². The molecule has 7 nitrogen and oxygen atoms in total. The summed E-state index contributed by atoms with van der Waals surface area (Å²) in [4.78, 5) is 12.2. The quantitative estimate of drug-likeness (QED) is 0.367. The van der Waals surface area contributed by atoms with Crippen molar-refractivity contribution < 1.29 is 26.7 Å². The molecular weight excluding hydrogens is 464 g/mol. The van der Waals surface area contributed by atoms with E-state index in [2.05, 4.69) is 20.0 Å². The Balaban J connectivity index is 1.72. The third kappa shape index (κ3) is 6.25. The second kappa shape index (κ2) is 10.2. The highest BCUT2D eigenvalue weighted by Gasteiger charge is 2.16. The van der Waals surface area contributed by atoms with Crippen molar-refractivity contribution in [1.82, 2.24) is 5.43 Å². The molecule has 0 radical (unpaired) electrons. The van der Waals surface area contributed by atoms with Crippen molar-refractivity contribution in [3.8, 4) is 5.75 Å². The lowest BCUT2D eigenvalue weighted by molar-refractivity contribution is -0.0499. The Morgan fingerprint density at radius 3 is 2.47 bits per heavy atom. The number of hydrazone groups is 1. The number of ether oxygens (including phenoxy) is 1. The van der Waals surface area contributed by atoms with Crippen molar-refractivity contribution in [3.05, 3.63) is 88.9 Å². The Morgan fingerprint density at radius 1 is 1.03 bits per heavy atom. The zero-order valence-corrected chi connectivity index (χ0v) is 17.8. The molecule has 166 valence electrons. The SMILES string of the molecule is O=C(NN=Cc1ccccc1OC(F)F)c1cccc(S(=O)(=O)Nc2ccc(Cl)cc2)c1. The van der Waals surface area contributed by atoms with E-state index in [1.165, 1.54) is 66.7 Å². The van der Waals surface area contributed by atoms with Crippen LogP contribution >= 0.6 is 11.6 Å². The highest BCUT2D eigenvalue weighted by Crippen LogP contribution is 2.20. The van der Waals surface area contributed by atoms with E-state index < -0.39 is 22.5 Å². The first-order valence-corrected chi connectivity index (χ1v) is 10.9. The number of hydrogen-bond acceptors (Lipinski definition) is 5. The molecule has 0 heterocycles. The Morgan fingerprint density at radius 2 is 1.75 bits per heavy atom. The lowest BCUT2D eigenvalue weighted by atomic mass is 10.2. The number of para-hydroxylation sites is 1. The highest BCUT2D eigenvalue weighted by atomic mass is 35.5. The number of benzene rings is 3. The molecule has 0 aromatic heterocycles. The number of amides is 1. The molecule has 3 aromatic rings. The van der Waals surface area contributed by atoms with Gasteiger partial charge in [-0.1, -0.05) is 29.8 Å². The van der Waals surface area contributed by atoms with Gasteiger partial charge in [0.05, 0.1) is 11.1 Å². The molecule has 0 fully saturated rings. The lowest BCUT2D eigenvalue weighted by Crippen LogP contribution is -2.19. The summed E-state index contributed by atoms with van der Waals surface area (Å²) in [6, 6.07) is 17.3. The minimum absolute atomic E-state index is 0.0262. The van der Waals surface area contributed by atoms with Gasteiger partial charge in [0.15, 0.2) is 0 Å². The van der Waals surface area contributed by atoms with Crippen LogP contribution in [-0.4, -0.2) is 27.2 Å². The first-order valence-electron chi connectivity index (χ1n) is 9.00. The number of rotatable bonds is 8. The van der Waals surface area contributed by atoms with Gasteiger partial charge in [0, 0.05) is 21.8 Å². The predicted molar refractivity (Wildman–Crippen MR) is 117 cm³/mol. The molecule has 3 rings (SSSR count). The third-order valence-electron chi connectivity index (χ3n) is 4.01. The normalized spacial score (nSPS) is 11.5. The fourth-order valence-corrected chi connectivity index (χ4v) is 3.78. The molecule has 32 heavy (non-hydrogen) atoms. The zero-order chi connectivity index (χ0) is 23.1. The number of nitrogens with zero attached hydrogens (tertiary/aromatic N) is 1. The Hall–Kier alpha value is -3.50. The van der Waals surface area contributed by atoms with Crippen LogP contribution in [0.3, 0.4) is 0 Å². The molecule has 0 saturated heterocycles. The Labute approximate surface area is 187 Å². The van der Waals surface area contributed by atoms with E-state index >= 15 is 0 Å². The van der Waals surface area contributed by atoms with E-state index in [1.807, 2.05) is 0 Å². The summed E-state index contributed by atoms with van der Waals surface area (Å²) in [6.45, 7) is -3.01. The number of anilines is 1. The zero-order valence-electron chi connectivity index (χ0n) is 16.2. The molecule has 1 amide bonds. The molecular formula is C21H16ClF2N3O4S. The summed E-state index contributed by atoms with van der Waals surface area (Å²) in [6.07, 6.45) is 1.14. The molecule has 0 unspecified atom stereocenters. The van der Waals surface area contributed by atoms with Gasteiger partial charge in [-0.05, 0) is 54.6 Å². The van der Waals surface area contributed by atoms with Crippen LogP contribution in [0.15, 0.2) is 82.8 Å². The molecule has 3 aromatic carbocycles. The van der Waals surface area contributed by atoms with Crippen molar-refractivity contribution >= 4 is 39.4 Å². The standard InChI is InChI=1S/C21H16ClF2N3O4S/c22-16-8-10-17(11-9-16)27-32(29,30)18-6-3-5-14(12-18)20(28)26-25-13-15-4-1-2-7-19(15)31-21(23)24/h1-13,21,27H,(H,26,28). The van der Waals surface area contributed by atoms with Crippen LogP contribution in [-0.2, 0) is 10.0 Å². The summed E-state index contributed by atoms with van der Waals surface area (Å²) in [5.41, 5.74) is 2.77. The van der Waals surface area contributed by atoms with E-state index in [0.717, 1.165) is 6.21 Å².